The van der Waals surface area contributed by atoms with E-state index in [1.807, 2.05) is 6.92 Å². The zero-order valence-corrected chi connectivity index (χ0v) is 8.68. The van der Waals surface area contributed by atoms with Crippen molar-refractivity contribution >= 4 is 0 Å². The number of nitrogens with one attached hydrogen (secondary N) is 1. The van der Waals surface area contributed by atoms with Gasteiger partial charge in [-0.25, -0.2) is 0 Å². The quantitative estimate of drug-likeness (QED) is 0.646. The molecule has 0 aliphatic carbocycles. The van der Waals surface area contributed by atoms with Gasteiger partial charge in [-0.15, -0.1) is 0 Å². The first-order valence-corrected chi connectivity index (χ1v) is 5.21. The number of nitrogens with zero attached hydrogens (tertiary/aromatic N) is 2. The van der Waals surface area contributed by atoms with E-state index in [-0.39, 0.29) is 18.2 Å². The Morgan fingerprint density at radius 2 is 2.53 bits per heavy atom. The maximum atomic E-state index is 9.35. The van der Waals surface area contributed by atoms with E-state index in [4.69, 9.17) is 10.3 Å². The lowest BCUT2D eigenvalue weighted by Crippen LogP contribution is -2.16. The topological polar surface area (TPSA) is 97.2 Å². The maximum absolute atomic E-state index is 9.35. The molecule has 0 spiro atoms. The standard InChI is InChI=1S/C9H16N4O2/c1-2-6(10)9-12-8(13-15-9)7-3-5(14)4-11-7/h5-7,11,14H,2-4,10H2,1H3/t5-,6+,7+/m1/s1. The third kappa shape index (κ3) is 2.17. The molecule has 15 heavy (non-hydrogen) atoms. The highest BCUT2D eigenvalue weighted by Gasteiger charge is 2.28. The molecular weight excluding hydrogens is 196 g/mol. The first kappa shape index (κ1) is 10.5. The largest absolute Gasteiger partial charge is 0.392 e. The fourth-order valence-corrected chi connectivity index (χ4v) is 1.63. The molecule has 0 amide bonds. The van der Waals surface area contributed by atoms with E-state index in [1.165, 1.54) is 0 Å². The summed E-state index contributed by atoms with van der Waals surface area (Å²) in [5.74, 6) is 1.06. The van der Waals surface area contributed by atoms with Gasteiger partial charge in [0.05, 0.1) is 18.2 Å². The van der Waals surface area contributed by atoms with Crippen LogP contribution in [0.1, 0.15) is 43.6 Å². The molecule has 84 valence electrons. The Kier molecular flexibility index (Phi) is 2.99. The Balaban J connectivity index is 2.07. The third-order valence-electron chi connectivity index (χ3n) is 2.63. The molecular formula is C9H16N4O2. The second kappa shape index (κ2) is 4.26. The van der Waals surface area contributed by atoms with E-state index in [0.717, 1.165) is 6.42 Å². The summed E-state index contributed by atoms with van der Waals surface area (Å²) in [7, 11) is 0. The predicted octanol–water partition coefficient (Wildman–Crippen LogP) is -0.125. The molecule has 2 rings (SSSR count). The van der Waals surface area contributed by atoms with Gasteiger partial charge in [0, 0.05) is 6.54 Å². The molecule has 6 nitrogen and oxygen atoms in total. The van der Waals surface area contributed by atoms with Gasteiger partial charge in [0.15, 0.2) is 5.82 Å². The zero-order valence-electron chi connectivity index (χ0n) is 8.68. The third-order valence-corrected chi connectivity index (χ3v) is 2.63. The van der Waals surface area contributed by atoms with Gasteiger partial charge in [0.1, 0.15) is 0 Å². The molecule has 0 radical (unpaired) electrons. The van der Waals surface area contributed by atoms with Crippen molar-refractivity contribution in [1.82, 2.24) is 15.5 Å². The van der Waals surface area contributed by atoms with E-state index in [0.29, 0.717) is 24.7 Å². The molecule has 0 aromatic carbocycles. The van der Waals surface area contributed by atoms with Crippen LogP contribution in [0.4, 0.5) is 0 Å². The minimum absolute atomic E-state index is 0.0124. The fourth-order valence-electron chi connectivity index (χ4n) is 1.63. The van der Waals surface area contributed by atoms with E-state index in [1.54, 1.807) is 0 Å². The molecule has 2 heterocycles. The number of hydrogen-bond acceptors (Lipinski definition) is 6. The molecule has 1 fully saturated rings. The average Bonchev–Trinajstić information content (AvgIpc) is 2.84. The highest BCUT2D eigenvalue weighted by atomic mass is 16.5. The Bertz CT molecular complexity index is 328. The molecule has 0 saturated carbocycles. The molecule has 1 aromatic rings. The lowest BCUT2D eigenvalue weighted by atomic mass is 10.2. The van der Waals surface area contributed by atoms with Crippen molar-refractivity contribution in [3.05, 3.63) is 11.7 Å². The highest BCUT2D eigenvalue weighted by Crippen LogP contribution is 2.22. The number of hydrogen-bond donors (Lipinski definition) is 3. The van der Waals surface area contributed by atoms with Crippen LogP contribution in [0.5, 0.6) is 0 Å². The van der Waals surface area contributed by atoms with Crippen molar-refractivity contribution in [1.29, 1.82) is 0 Å². The molecule has 3 atom stereocenters. The Morgan fingerprint density at radius 3 is 3.13 bits per heavy atom. The first-order chi connectivity index (χ1) is 7.20. The van der Waals surface area contributed by atoms with Gasteiger partial charge in [-0.2, -0.15) is 4.98 Å². The van der Waals surface area contributed by atoms with Gasteiger partial charge in [0.25, 0.3) is 0 Å². The van der Waals surface area contributed by atoms with Crippen LogP contribution < -0.4 is 11.1 Å². The van der Waals surface area contributed by atoms with Gasteiger partial charge in [0.2, 0.25) is 5.89 Å². The molecule has 1 saturated heterocycles. The number of aliphatic hydroxyl groups is 1. The number of nitrogens with two attached hydrogens (primary N) is 1. The van der Waals surface area contributed by atoms with Gasteiger partial charge >= 0.3 is 0 Å². The van der Waals surface area contributed by atoms with Crippen LogP contribution in [0.25, 0.3) is 0 Å². The summed E-state index contributed by atoms with van der Waals surface area (Å²) in [6, 6.07) is -0.209. The van der Waals surface area contributed by atoms with Crippen molar-refractivity contribution in [2.24, 2.45) is 5.73 Å². The van der Waals surface area contributed by atoms with Crippen LogP contribution in [-0.4, -0.2) is 27.9 Å². The lowest BCUT2D eigenvalue weighted by molar-refractivity contribution is 0.192. The zero-order chi connectivity index (χ0) is 10.8. The monoisotopic (exact) mass is 212 g/mol. The number of aromatic nitrogens is 2. The summed E-state index contributed by atoms with van der Waals surface area (Å²) in [4.78, 5) is 4.22. The molecule has 1 aromatic heterocycles. The van der Waals surface area contributed by atoms with E-state index in [2.05, 4.69) is 15.5 Å². The van der Waals surface area contributed by atoms with Gasteiger partial charge < -0.3 is 20.7 Å². The summed E-state index contributed by atoms with van der Waals surface area (Å²) in [6.45, 7) is 2.54. The van der Waals surface area contributed by atoms with Gasteiger partial charge in [-0.1, -0.05) is 12.1 Å². The smallest absolute Gasteiger partial charge is 0.243 e. The van der Waals surface area contributed by atoms with Crippen LogP contribution in [0.15, 0.2) is 4.52 Å². The summed E-state index contributed by atoms with van der Waals surface area (Å²) in [5.41, 5.74) is 5.77. The molecule has 6 heteroatoms. The summed E-state index contributed by atoms with van der Waals surface area (Å²) in [5, 5.41) is 16.3. The van der Waals surface area contributed by atoms with Gasteiger partial charge in [-0.05, 0) is 12.8 Å². The van der Waals surface area contributed by atoms with Crippen LogP contribution >= 0.6 is 0 Å². The second-order valence-electron chi connectivity index (χ2n) is 3.86. The minimum Gasteiger partial charge on any atom is -0.392 e. The van der Waals surface area contributed by atoms with Crippen LogP contribution in [-0.2, 0) is 0 Å². The summed E-state index contributed by atoms with van der Waals surface area (Å²) >= 11 is 0. The fraction of sp³-hybridized carbons (Fsp3) is 0.778. The summed E-state index contributed by atoms with van der Waals surface area (Å²) in [6.07, 6.45) is 1.07. The van der Waals surface area contributed by atoms with Crippen molar-refractivity contribution in [2.75, 3.05) is 6.54 Å². The highest BCUT2D eigenvalue weighted by molar-refractivity contribution is 5.00. The number of β-amino-alcohol motifs (C(OH)–C–C–N with tert-alkyl or cyclic N) is 1. The average molecular weight is 212 g/mol. The summed E-state index contributed by atoms with van der Waals surface area (Å²) < 4.78 is 5.06. The Hall–Kier alpha value is -0.980. The molecule has 0 unspecified atom stereocenters. The number of aliphatic hydroxyl groups excluding tert-OH is 1. The predicted molar refractivity (Wildman–Crippen MR) is 52.9 cm³/mol. The normalized spacial score (nSPS) is 28.2. The number of rotatable bonds is 3. The SMILES string of the molecule is CC[C@H](N)c1nc([C@@H]2C[C@@H](O)CN2)no1. The lowest BCUT2D eigenvalue weighted by Gasteiger charge is -2.02. The Morgan fingerprint density at radius 1 is 1.73 bits per heavy atom. The van der Waals surface area contributed by atoms with Crippen molar-refractivity contribution in [3.8, 4) is 0 Å². The van der Waals surface area contributed by atoms with Gasteiger partial charge in [-0.3, -0.25) is 0 Å². The van der Waals surface area contributed by atoms with Crippen LogP contribution in [0.2, 0.25) is 0 Å². The molecule has 1 aliphatic heterocycles. The minimum atomic E-state index is -0.322. The maximum Gasteiger partial charge on any atom is 0.243 e. The van der Waals surface area contributed by atoms with Crippen LogP contribution in [0, 0.1) is 0 Å². The molecule has 0 bridgehead atoms. The van der Waals surface area contributed by atoms with E-state index in [9.17, 15) is 5.11 Å². The molecule has 4 N–H and O–H groups in total. The van der Waals surface area contributed by atoms with Crippen molar-refractivity contribution in [2.45, 2.75) is 38.0 Å². The Labute approximate surface area is 87.8 Å². The van der Waals surface area contributed by atoms with Crippen molar-refractivity contribution < 1.29 is 9.63 Å². The van der Waals surface area contributed by atoms with Crippen molar-refractivity contribution in [3.63, 3.8) is 0 Å². The van der Waals surface area contributed by atoms with E-state index >= 15 is 0 Å². The molecule has 1 aliphatic rings. The first-order valence-electron chi connectivity index (χ1n) is 5.21. The van der Waals surface area contributed by atoms with E-state index < -0.39 is 0 Å². The second-order valence-corrected chi connectivity index (χ2v) is 3.86. The van der Waals surface area contributed by atoms with Crippen LogP contribution in [0.3, 0.4) is 0 Å².